The predicted octanol–water partition coefficient (Wildman–Crippen LogP) is 3.56. The lowest BCUT2D eigenvalue weighted by atomic mass is 9.93. The molecule has 6 heteroatoms. The van der Waals surface area contributed by atoms with Gasteiger partial charge < -0.3 is 10.2 Å². The van der Waals surface area contributed by atoms with Crippen molar-refractivity contribution in [1.29, 1.82) is 0 Å². The fourth-order valence-corrected chi connectivity index (χ4v) is 2.80. The summed E-state index contributed by atoms with van der Waals surface area (Å²) in [6.45, 7) is 7.07. The quantitative estimate of drug-likeness (QED) is 0.679. The van der Waals surface area contributed by atoms with Crippen LogP contribution in [0.4, 0.5) is 13.2 Å². The number of alkyl halides is 3. The van der Waals surface area contributed by atoms with Gasteiger partial charge in [-0.25, -0.2) is 0 Å². The Morgan fingerprint density at radius 1 is 1.26 bits per heavy atom. The van der Waals surface area contributed by atoms with Gasteiger partial charge in [-0.05, 0) is 36.0 Å². The second-order valence-corrected chi connectivity index (χ2v) is 6.75. The van der Waals surface area contributed by atoms with Crippen LogP contribution >= 0.6 is 0 Å². The zero-order chi connectivity index (χ0) is 17.1. The topological polar surface area (TPSA) is 27.6 Å². The lowest BCUT2D eigenvalue weighted by Gasteiger charge is -2.23. The van der Waals surface area contributed by atoms with Crippen LogP contribution in [0.5, 0.6) is 0 Å². The molecule has 0 saturated carbocycles. The largest absolute Gasteiger partial charge is 0.416 e. The van der Waals surface area contributed by atoms with Crippen LogP contribution in [0.1, 0.15) is 31.4 Å². The van der Waals surface area contributed by atoms with Crippen LogP contribution < -0.4 is 5.32 Å². The highest BCUT2D eigenvalue weighted by atomic mass is 19.4. The number of nitrogens with one attached hydrogen (secondary N) is 1. The molecule has 1 fully saturated rings. The average Bonchev–Trinajstić information content (AvgIpc) is 2.83. The minimum Gasteiger partial charge on any atom is -0.356 e. The predicted molar refractivity (Wildman–Crippen MR) is 86.5 cm³/mol. The maximum atomic E-state index is 12.5. The standard InChI is InChI=1S/C17H24F3N3/c1-16(2)9-11-23(12-16)15(21-3)22-10-8-13-4-6-14(7-5-13)17(18,19)20/h4-7H,8-12H2,1-3H3,(H,21,22). The van der Waals surface area contributed by atoms with E-state index in [4.69, 9.17) is 0 Å². The van der Waals surface area contributed by atoms with E-state index in [1.54, 1.807) is 7.05 Å². The molecular formula is C17H24F3N3. The van der Waals surface area contributed by atoms with Gasteiger partial charge in [-0.2, -0.15) is 13.2 Å². The molecule has 0 radical (unpaired) electrons. The number of hydrogen-bond donors (Lipinski definition) is 1. The van der Waals surface area contributed by atoms with Crippen LogP contribution in [0, 0.1) is 5.41 Å². The van der Waals surface area contributed by atoms with Crippen molar-refractivity contribution in [3.8, 4) is 0 Å². The number of nitrogens with zero attached hydrogens (tertiary/aromatic N) is 2. The molecule has 1 aliphatic heterocycles. The summed E-state index contributed by atoms with van der Waals surface area (Å²) in [6.07, 6.45) is -2.48. The van der Waals surface area contributed by atoms with Crippen molar-refractivity contribution in [1.82, 2.24) is 10.2 Å². The molecule has 0 atom stereocenters. The molecule has 3 nitrogen and oxygen atoms in total. The number of aliphatic imine (C=N–C) groups is 1. The summed E-state index contributed by atoms with van der Waals surface area (Å²) in [5.41, 5.74) is 0.567. The lowest BCUT2D eigenvalue weighted by Crippen LogP contribution is -2.41. The average molecular weight is 327 g/mol. The molecule has 1 saturated heterocycles. The molecule has 0 bridgehead atoms. The second kappa shape index (κ2) is 6.81. The highest BCUT2D eigenvalue weighted by molar-refractivity contribution is 5.80. The highest BCUT2D eigenvalue weighted by Crippen LogP contribution is 2.29. The van der Waals surface area contributed by atoms with Crippen molar-refractivity contribution in [3.63, 3.8) is 0 Å². The fourth-order valence-electron chi connectivity index (χ4n) is 2.80. The number of halogens is 3. The maximum Gasteiger partial charge on any atom is 0.416 e. The first kappa shape index (κ1) is 17.6. The van der Waals surface area contributed by atoms with Crippen molar-refractivity contribution in [2.75, 3.05) is 26.7 Å². The van der Waals surface area contributed by atoms with Crippen LogP contribution in [0.3, 0.4) is 0 Å². The first-order chi connectivity index (χ1) is 10.7. The first-order valence-electron chi connectivity index (χ1n) is 7.83. The Morgan fingerprint density at radius 3 is 2.39 bits per heavy atom. The fraction of sp³-hybridized carbons (Fsp3) is 0.588. The molecule has 1 aliphatic rings. The summed E-state index contributed by atoms with van der Waals surface area (Å²) >= 11 is 0. The summed E-state index contributed by atoms with van der Waals surface area (Å²) < 4.78 is 37.6. The molecule has 1 N–H and O–H groups in total. The van der Waals surface area contributed by atoms with E-state index in [2.05, 4.69) is 29.1 Å². The van der Waals surface area contributed by atoms with Crippen LogP contribution in [0.2, 0.25) is 0 Å². The molecule has 2 rings (SSSR count). The Hall–Kier alpha value is -1.72. The zero-order valence-electron chi connectivity index (χ0n) is 13.9. The van der Waals surface area contributed by atoms with Crippen LogP contribution in [0.25, 0.3) is 0 Å². The number of rotatable bonds is 3. The van der Waals surface area contributed by atoms with E-state index < -0.39 is 11.7 Å². The molecular weight excluding hydrogens is 303 g/mol. The van der Waals surface area contributed by atoms with Crippen molar-refractivity contribution in [2.24, 2.45) is 10.4 Å². The number of guanidine groups is 1. The highest BCUT2D eigenvalue weighted by Gasteiger charge is 2.31. The van der Waals surface area contributed by atoms with Gasteiger partial charge in [0.2, 0.25) is 0 Å². The minimum absolute atomic E-state index is 0.297. The first-order valence-corrected chi connectivity index (χ1v) is 7.83. The van der Waals surface area contributed by atoms with E-state index in [0.29, 0.717) is 18.4 Å². The molecule has 0 aliphatic carbocycles. The lowest BCUT2D eigenvalue weighted by molar-refractivity contribution is -0.137. The molecule has 1 heterocycles. The molecule has 0 amide bonds. The summed E-state index contributed by atoms with van der Waals surface area (Å²) in [6, 6.07) is 5.33. The van der Waals surface area contributed by atoms with Gasteiger partial charge in [0.05, 0.1) is 5.56 Å². The van der Waals surface area contributed by atoms with E-state index >= 15 is 0 Å². The molecule has 128 valence electrons. The van der Waals surface area contributed by atoms with Gasteiger partial charge in [0, 0.05) is 26.7 Å². The Bertz CT molecular complexity index is 547. The number of benzene rings is 1. The van der Waals surface area contributed by atoms with E-state index in [1.807, 2.05) is 0 Å². The number of hydrogen-bond acceptors (Lipinski definition) is 1. The smallest absolute Gasteiger partial charge is 0.356 e. The Morgan fingerprint density at radius 2 is 1.91 bits per heavy atom. The molecule has 0 spiro atoms. The summed E-state index contributed by atoms with van der Waals surface area (Å²) in [4.78, 5) is 6.52. The van der Waals surface area contributed by atoms with Gasteiger partial charge in [0.25, 0.3) is 0 Å². The van der Waals surface area contributed by atoms with Crippen LogP contribution in [-0.4, -0.2) is 37.5 Å². The Kier molecular flexibility index (Phi) is 5.22. The van der Waals surface area contributed by atoms with E-state index in [0.717, 1.165) is 43.2 Å². The Labute approximate surface area is 135 Å². The van der Waals surface area contributed by atoms with Gasteiger partial charge in [0.1, 0.15) is 0 Å². The molecule has 0 unspecified atom stereocenters. The SMILES string of the molecule is CN=C(NCCc1ccc(C(F)(F)F)cc1)N1CCC(C)(C)C1. The third kappa shape index (κ3) is 4.88. The third-order valence-corrected chi connectivity index (χ3v) is 4.17. The van der Waals surface area contributed by atoms with Crippen LogP contribution in [0.15, 0.2) is 29.3 Å². The van der Waals surface area contributed by atoms with Crippen LogP contribution in [-0.2, 0) is 12.6 Å². The zero-order valence-corrected chi connectivity index (χ0v) is 13.9. The molecule has 1 aromatic rings. The maximum absolute atomic E-state index is 12.5. The van der Waals surface area contributed by atoms with E-state index in [9.17, 15) is 13.2 Å². The van der Waals surface area contributed by atoms with Crippen molar-refractivity contribution in [2.45, 2.75) is 32.9 Å². The second-order valence-electron chi connectivity index (χ2n) is 6.75. The third-order valence-electron chi connectivity index (χ3n) is 4.17. The van der Waals surface area contributed by atoms with Gasteiger partial charge in [-0.1, -0.05) is 26.0 Å². The van der Waals surface area contributed by atoms with Crippen molar-refractivity contribution < 1.29 is 13.2 Å². The monoisotopic (exact) mass is 327 g/mol. The van der Waals surface area contributed by atoms with Gasteiger partial charge >= 0.3 is 6.18 Å². The summed E-state index contributed by atoms with van der Waals surface area (Å²) in [7, 11) is 1.76. The summed E-state index contributed by atoms with van der Waals surface area (Å²) in [5, 5.41) is 3.30. The van der Waals surface area contributed by atoms with Crippen molar-refractivity contribution >= 4 is 5.96 Å². The minimum atomic E-state index is -4.28. The molecule has 23 heavy (non-hydrogen) atoms. The molecule has 1 aromatic carbocycles. The Balaban J connectivity index is 1.84. The van der Waals surface area contributed by atoms with E-state index in [-0.39, 0.29) is 0 Å². The van der Waals surface area contributed by atoms with E-state index in [1.165, 1.54) is 12.1 Å². The van der Waals surface area contributed by atoms with Gasteiger partial charge in [0.15, 0.2) is 5.96 Å². The normalized spacial score (nSPS) is 18.3. The number of likely N-dealkylation sites (tertiary alicyclic amines) is 1. The van der Waals surface area contributed by atoms with Gasteiger partial charge in [-0.15, -0.1) is 0 Å². The summed E-state index contributed by atoms with van der Waals surface area (Å²) in [5.74, 6) is 0.863. The van der Waals surface area contributed by atoms with Gasteiger partial charge in [-0.3, -0.25) is 4.99 Å². The molecule has 0 aromatic heterocycles. The van der Waals surface area contributed by atoms with Crippen molar-refractivity contribution in [3.05, 3.63) is 35.4 Å².